The van der Waals surface area contributed by atoms with Crippen LogP contribution in [0.4, 0.5) is 5.95 Å². The lowest BCUT2D eigenvalue weighted by Crippen LogP contribution is -2.50. The van der Waals surface area contributed by atoms with Crippen LogP contribution in [-0.4, -0.2) is 48.8 Å². The Bertz CT molecular complexity index is 1430. The van der Waals surface area contributed by atoms with Crippen LogP contribution in [-0.2, 0) is 20.7 Å². The summed E-state index contributed by atoms with van der Waals surface area (Å²) in [6.07, 6.45) is 0.613. The predicted molar refractivity (Wildman–Crippen MR) is 140 cm³/mol. The third-order valence-electron chi connectivity index (χ3n) is 6.71. The summed E-state index contributed by atoms with van der Waals surface area (Å²) in [5, 5.41) is 0. The molecule has 4 aromatic rings. The molecule has 3 aromatic carbocycles. The summed E-state index contributed by atoms with van der Waals surface area (Å²) in [7, 11) is 3.13. The van der Waals surface area contributed by atoms with Gasteiger partial charge in [0, 0.05) is 18.2 Å². The number of methoxy groups -OCH3 is 2. The number of carbonyl (C=O) groups is 2. The SMILES string of the molecule is CCOC(=O)C1C(=O)N(CCc2ccccc2)c2nc3ccccc3n2C1c1ccc(OC)cc1OC. The van der Waals surface area contributed by atoms with Crippen LogP contribution in [0.3, 0.4) is 0 Å². The van der Waals surface area contributed by atoms with Crippen molar-refractivity contribution in [3.63, 3.8) is 0 Å². The summed E-state index contributed by atoms with van der Waals surface area (Å²) in [4.78, 5) is 34.0. The molecule has 2 heterocycles. The van der Waals surface area contributed by atoms with Crippen molar-refractivity contribution >= 4 is 28.9 Å². The van der Waals surface area contributed by atoms with Crippen molar-refractivity contribution in [1.82, 2.24) is 9.55 Å². The maximum Gasteiger partial charge on any atom is 0.321 e. The number of para-hydroxylation sites is 2. The Labute approximate surface area is 215 Å². The monoisotopic (exact) mass is 499 g/mol. The van der Waals surface area contributed by atoms with E-state index in [9.17, 15) is 9.59 Å². The number of imidazole rings is 1. The topological polar surface area (TPSA) is 82.9 Å². The van der Waals surface area contributed by atoms with E-state index in [1.165, 1.54) is 0 Å². The molecule has 1 aliphatic heterocycles. The molecule has 2 unspecified atom stereocenters. The molecule has 0 saturated heterocycles. The molecule has 0 aliphatic carbocycles. The lowest BCUT2D eigenvalue weighted by Gasteiger charge is -2.38. The highest BCUT2D eigenvalue weighted by atomic mass is 16.5. The fourth-order valence-corrected chi connectivity index (χ4v) is 4.99. The molecular weight excluding hydrogens is 470 g/mol. The van der Waals surface area contributed by atoms with Crippen molar-refractivity contribution in [3.8, 4) is 11.5 Å². The average Bonchev–Trinajstić information content (AvgIpc) is 3.31. The van der Waals surface area contributed by atoms with E-state index in [1.54, 1.807) is 38.2 Å². The Morgan fingerprint density at radius 3 is 2.46 bits per heavy atom. The van der Waals surface area contributed by atoms with Crippen molar-refractivity contribution in [2.45, 2.75) is 19.4 Å². The van der Waals surface area contributed by atoms with Crippen molar-refractivity contribution in [2.75, 3.05) is 32.3 Å². The zero-order valence-electron chi connectivity index (χ0n) is 21.1. The van der Waals surface area contributed by atoms with Crippen LogP contribution >= 0.6 is 0 Å². The van der Waals surface area contributed by atoms with E-state index >= 15 is 0 Å². The Morgan fingerprint density at radius 1 is 0.973 bits per heavy atom. The summed E-state index contributed by atoms with van der Waals surface area (Å²) in [6, 6.07) is 22.3. The lowest BCUT2D eigenvalue weighted by atomic mass is 9.88. The fraction of sp³-hybridized carbons (Fsp3) is 0.276. The Balaban J connectivity index is 1.71. The average molecular weight is 500 g/mol. The Hall–Kier alpha value is -4.33. The van der Waals surface area contributed by atoms with E-state index in [4.69, 9.17) is 19.2 Å². The normalized spacial score (nSPS) is 16.9. The summed E-state index contributed by atoms with van der Waals surface area (Å²) in [5.41, 5.74) is 3.30. The lowest BCUT2D eigenvalue weighted by molar-refractivity contribution is -0.153. The van der Waals surface area contributed by atoms with E-state index in [0.29, 0.717) is 36.0 Å². The maximum atomic E-state index is 14.1. The quantitative estimate of drug-likeness (QED) is 0.264. The first kappa shape index (κ1) is 24.4. The van der Waals surface area contributed by atoms with Crippen molar-refractivity contribution in [3.05, 3.63) is 83.9 Å². The molecule has 1 amide bonds. The summed E-state index contributed by atoms with van der Waals surface area (Å²) < 4.78 is 18.5. The predicted octanol–water partition coefficient (Wildman–Crippen LogP) is 4.41. The van der Waals surface area contributed by atoms with Crippen LogP contribution in [0.5, 0.6) is 11.5 Å². The molecule has 0 radical (unpaired) electrons. The largest absolute Gasteiger partial charge is 0.497 e. The number of anilines is 1. The molecule has 0 spiro atoms. The molecule has 0 saturated carbocycles. The standard InChI is InChI=1S/C29H29N3O5/c1-4-37-28(34)25-26(21-15-14-20(35-2)18-24(21)36-3)32-23-13-9-8-12-22(23)30-29(32)31(27(25)33)17-16-19-10-6-5-7-11-19/h5-15,18,25-26H,4,16-17H2,1-3H3. The minimum absolute atomic E-state index is 0.163. The second kappa shape index (κ2) is 10.3. The summed E-state index contributed by atoms with van der Waals surface area (Å²) in [5.74, 6) is -0.444. The second-order valence-corrected chi connectivity index (χ2v) is 8.78. The van der Waals surface area contributed by atoms with Crippen molar-refractivity contribution in [1.29, 1.82) is 0 Å². The smallest absolute Gasteiger partial charge is 0.321 e. The van der Waals surface area contributed by atoms with Gasteiger partial charge in [0.15, 0.2) is 5.92 Å². The number of amides is 1. The number of nitrogens with zero attached hydrogens (tertiary/aromatic N) is 3. The van der Waals surface area contributed by atoms with Crippen LogP contribution in [0.1, 0.15) is 24.1 Å². The van der Waals surface area contributed by atoms with Gasteiger partial charge < -0.3 is 18.8 Å². The highest BCUT2D eigenvalue weighted by Crippen LogP contribution is 2.44. The molecule has 0 bridgehead atoms. The Morgan fingerprint density at radius 2 is 1.73 bits per heavy atom. The zero-order valence-corrected chi connectivity index (χ0v) is 21.1. The maximum absolute atomic E-state index is 14.1. The molecule has 8 heteroatoms. The van der Waals surface area contributed by atoms with Crippen LogP contribution < -0.4 is 14.4 Å². The van der Waals surface area contributed by atoms with Gasteiger partial charge in [0.2, 0.25) is 11.9 Å². The van der Waals surface area contributed by atoms with Crippen molar-refractivity contribution in [2.24, 2.45) is 5.92 Å². The van der Waals surface area contributed by atoms with Gasteiger partial charge in [-0.3, -0.25) is 14.5 Å². The highest BCUT2D eigenvalue weighted by molar-refractivity contribution is 6.08. The van der Waals surface area contributed by atoms with Crippen LogP contribution in [0.15, 0.2) is 72.8 Å². The molecule has 1 aromatic heterocycles. The van der Waals surface area contributed by atoms with E-state index in [0.717, 1.165) is 16.6 Å². The molecule has 190 valence electrons. The third kappa shape index (κ3) is 4.39. The first-order valence-corrected chi connectivity index (χ1v) is 12.3. The molecule has 5 rings (SSSR count). The van der Waals surface area contributed by atoms with Gasteiger partial charge in [0.05, 0.1) is 37.9 Å². The van der Waals surface area contributed by atoms with Gasteiger partial charge in [-0.2, -0.15) is 0 Å². The third-order valence-corrected chi connectivity index (χ3v) is 6.71. The van der Waals surface area contributed by atoms with Crippen LogP contribution in [0, 0.1) is 5.92 Å². The fourth-order valence-electron chi connectivity index (χ4n) is 4.99. The molecular formula is C29H29N3O5. The number of esters is 1. The molecule has 2 atom stereocenters. The zero-order chi connectivity index (χ0) is 25.9. The number of hydrogen-bond donors (Lipinski definition) is 0. The van der Waals surface area contributed by atoms with Gasteiger partial charge in [-0.15, -0.1) is 0 Å². The number of benzene rings is 3. The minimum Gasteiger partial charge on any atom is -0.497 e. The molecule has 0 N–H and O–H groups in total. The van der Waals surface area contributed by atoms with Gasteiger partial charge in [-0.05, 0) is 43.2 Å². The highest BCUT2D eigenvalue weighted by Gasteiger charge is 2.48. The minimum atomic E-state index is -1.12. The number of fused-ring (bicyclic) bond motifs is 3. The van der Waals surface area contributed by atoms with E-state index < -0.39 is 17.9 Å². The van der Waals surface area contributed by atoms with E-state index in [-0.39, 0.29) is 12.5 Å². The van der Waals surface area contributed by atoms with Gasteiger partial charge in [-0.25, -0.2) is 4.98 Å². The van der Waals surface area contributed by atoms with Crippen molar-refractivity contribution < 1.29 is 23.8 Å². The number of carbonyl (C=O) groups excluding carboxylic acids is 2. The van der Waals surface area contributed by atoms with Gasteiger partial charge in [0.1, 0.15) is 11.5 Å². The van der Waals surface area contributed by atoms with E-state index in [2.05, 4.69) is 0 Å². The number of aromatic nitrogens is 2. The van der Waals surface area contributed by atoms with Gasteiger partial charge in [0.25, 0.3) is 0 Å². The van der Waals surface area contributed by atoms with Crippen LogP contribution in [0.25, 0.3) is 11.0 Å². The summed E-state index contributed by atoms with van der Waals surface area (Å²) >= 11 is 0. The van der Waals surface area contributed by atoms with Crippen LogP contribution in [0.2, 0.25) is 0 Å². The Kier molecular flexibility index (Phi) is 6.81. The first-order valence-electron chi connectivity index (χ1n) is 12.3. The van der Waals surface area contributed by atoms with Gasteiger partial charge >= 0.3 is 5.97 Å². The molecule has 8 nitrogen and oxygen atoms in total. The summed E-state index contributed by atoms with van der Waals surface area (Å²) in [6.45, 7) is 2.27. The first-order chi connectivity index (χ1) is 18.1. The molecule has 0 fully saturated rings. The molecule has 1 aliphatic rings. The number of ether oxygens (including phenoxy) is 3. The number of hydrogen-bond acceptors (Lipinski definition) is 6. The number of rotatable bonds is 8. The van der Waals surface area contributed by atoms with E-state index in [1.807, 2.05) is 65.2 Å². The molecule has 37 heavy (non-hydrogen) atoms. The second-order valence-electron chi connectivity index (χ2n) is 8.78. The van der Waals surface area contributed by atoms with Gasteiger partial charge in [-0.1, -0.05) is 42.5 Å².